The largest absolute Gasteiger partial charge is 0.494 e. The summed E-state index contributed by atoms with van der Waals surface area (Å²) in [6, 6.07) is 5.65. The Hall–Kier alpha value is -2.99. The molecule has 0 saturated carbocycles. The zero-order chi connectivity index (χ0) is 20.4. The van der Waals surface area contributed by atoms with Crippen molar-refractivity contribution >= 4 is 34.5 Å². The molecule has 11 nitrogen and oxygen atoms in total. The van der Waals surface area contributed by atoms with Gasteiger partial charge in [-0.05, 0) is 23.4 Å². The molecule has 0 aliphatic carbocycles. The first kappa shape index (κ1) is 19.3. The van der Waals surface area contributed by atoms with E-state index in [4.69, 9.17) is 4.74 Å². The number of nitrogens with one attached hydrogen (secondary N) is 3. The van der Waals surface area contributed by atoms with E-state index >= 15 is 0 Å². The lowest BCUT2D eigenvalue weighted by Gasteiger charge is -2.31. The topological polar surface area (TPSA) is 132 Å². The number of carbonyl (C=O) groups excluding carboxylic acids is 1. The molecule has 3 aromatic rings. The number of fused-ring (bicyclic) bond motifs is 1. The van der Waals surface area contributed by atoms with Gasteiger partial charge < -0.3 is 15.4 Å². The highest BCUT2D eigenvalue weighted by molar-refractivity contribution is 7.99. The van der Waals surface area contributed by atoms with Gasteiger partial charge in [-0.3, -0.25) is 10.1 Å². The van der Waals surface area contributed by atoms with E-state index in [1.54, 1.807) is 18.8 Å². The average molecular weight is 415 g/mol. The lowest BCUT2D eigenvalue weighted by molar-refractivity contribution is -0.123. The fraction of sp³-hybridized carbons (Fsp3) is 0.412. The number of benzene rings is 1. The van der Waals surface area contributed by atoms with E-state index < -0.39 is 6.29 Å². The van der Waals surface area contributed by atoms with Crippen LogP contribution in [0.25, 0.3) is 10.9 Å². The highest BCUT2D eigenvalue weighted by atomic mass is 32.2. The van der Waals surface area contributed by atoms with Crippen molar-refractivity contribution in [2.75, 3.05) is 18.2 Å². The van der Waals surface area contributed by atoms with E-state index in [2.05, 4.69) is 41.4 Å². The number of hydrogen-bond acceptors (Lipinski definition) is 10. The number of hydrogen-bond donors (Lipinski definition) is 3. The molecule has 1 fully saturated rings. The number of methoxy groups -OCH3 is 1. The minimum absolute atomic E-state index is 0.0564. The summed E-state index contributed by atoms with van der Waals surface area (Å²) in [5, 5.41) is 22.4. The van der Waals surface area contributed by atoms with E-state index in [1.807, 2.05) is 25.1 Å². The predicted molar refractivity (Wildman–Crippen MR) is 107 cm³/mol. The zero-order valence-corrected chi connectivity index (χ0v) is 17.0. The Morgan fingerprint density at radius 3 is 3.00 bits per heavy atom. The van der Waals surface area contributed by atoms with E-state index in [9.17, 15) is 4.79 Å². The van der Waals surface area contributed by atoms with Crippen LogP contribution in [0.2, 0.25) is 0 Å². The number of aromatic nitrogens is 6. The van der Waals surface area contributed by atoms with Crippen LogP contribution in [0.5, 0.6) is 5.75 Å². The van der Waals surface area contributed by atoms with E-state index in [1.165, 1.54) is 11.8 Å². The molecule has 29 heavy (non-hydrogen) atoms. The van der Waals surface area contributed by atoms with Crippen molar-refractivity contribution in [1.82, 2.24) is 40.8 Å². The summed E-state index contributed by atoms with van der Waals surface area (Å²) in [7, 11) is 3.39. The van der Waals surface area contributed by atoms with Gasteiger partial charge in [0.05, 0.1) is 12.8 Å². The summed E-state index contributed by atoms with van der Waals surface area (Å²) >= 11 is 1.49. The monoisotopic (exact) mass is 415 g/mol. The van der Waals surface area contributed by atoms with Crippen LogP contribution in [0.15, 0.2) is 23.4 Å². The average Bonchev–Trinajstić information content (AvgIpc) is 3.10. The number of anilines is 1. The Labute approximate surface area is 171 Å². The summed E-state index contributed by atoms with van der Waals surface area (Å²) in [4.78, 5) is 21.3. The van der Waals surface area contributed by atoms with E-state index in [-0.39, 0.29) is 11.9 Å². The SMILES string of the molecule is COc1cccc2c(C)nc(NC3NC(=O)CC(CSc4nnnn4C)N3)nc12. The molecule has 0 radical (unpaired) electrons. The van der Waals surface area contributed by atoms with Crippen LogP contribution in [-0.4, -0.2) is 61.3 Å². The van der Waals surface area contributed by atoms with Crippen molar-refractivity contribution in [3.63, 3.8) is 0 Å². The number of para-hydroxylation sites is 1. The minimum atomic E-state index is -0.494. The minimum Gasteiger partial charge on any atom is -0.494 e. The summed E-state index contributed by atoms with van der Waals surface area (Å²) < 4.78 is 7.01. The Balaban J connectivity index is 1.48. The van der Waals surface area contributed by atoms with Gasteiger partial charge in [0.1, 0.15) is 11.3 Å². The third kappa shape index (κ3) is 4.22. The molecule has 4 rings (SSSR count). The van der Waals surface area contributed by atoms with Crippen LogP contribution in [-0.2, 0) is 11.8 Å². The number of carbonyl (C=O) groups is 1. The first-order valence-electron chi connectivity index (χ1n) is 9.02. The van der Waals surface area contributed by atoms with Crippen molar-refractivity contribution in [2.24, 2.45) is 7.05 Å². The van der Waals surface area contributed by atoms with Crippen LogP contribution in [0.3, 0.4) is 0 Å². The van der Waals surface area contributed by atoms with Gasteiger partial charge in [0.15, 0.2) is 6.29 Å². The number of tetrazole rings is 1. The van der Waals surface area contributed by atoms with Crippen LogP contribution >= 0.6 is 11.8 Å². The molecule has 2 atom stereocenters. The number of thioether (sulfide) groups is 1. The molecule has 1 aliphatic heterocycles. The molecular weight excluding hydrogens is 394 g/mol. The Morgan fingerprint density at radius 2 is 2.24 bits per heavy atom. The van der Waals surface area contributed by atoms with Gasteiger partial charge in [-0.15, -0.1) is 5.10 Å². The maximum Gasteiger partial charge on any atom is 0.226 e. The molecule has 152 valence electrons. The number of rotatable bonds is 6. The third-order valence-electron chi connectivity index (χ3n) is 4.51. The van der Waals surface area contributed by atoms with Crippen molar-refractivity contribution in [1.29, 1.82) is 0 Å². The second-order valence-corrected chi connectivity index (χ2v) is 7.58. The second-order valence-electron chi connectivity index (χ2n) is 6.60. The molecule has 12 heteroatoms. The Kier molecular flexibility index (Phi) is 5.45. The smallest absolute Gasteiger partial charge is 0.226 e. The first-order chi connectivity index (χ1) is 14.0. The molecule has 2 unspecified atom stereocenters. The third-order valence-corrected chi connectivity index (χ3v) is 5.68. The summed E-state index contributed by atoms with van der Waals surface area (Å²) in [5.74, 6) is 1.66. The quantitative estimate of drug-likeness (QED) is 0.487. The lowest BCUT2D eigenvalue weighted by atomic mass is 10.2. The van der Waals surface area contributed by atoms with Gasteiger partial charge in [0, 0.05) is 30.6 Å². The summed E-state index contributed by atoms with van der Waals surface area (Å²) in [5.41, 5.74) is 1.54. The lowest BCUT2D eigenvalue weighted by Crippen LogP contribution is -2.60. The van der Waals surface area contributed by atoms with E-state index in [0.717, 1.165) is 11.1 Å². The van der Waals surface area contributed by atoms with Gasteiger partial charge in [-0.2, -0.15) is 0 Å². The molecule has 1 aliphatic rings. The summed E-state index contributed by atoms with van der Waals surface area (Å²) in [6.07, 6.45) is -0.131. The van der Waals surface area contributed by atoms with Gasteiger partial charge in [-0.25, -0.2) is 14.6 Å². The predicted octanol–water partition coefficient (Wildman–Crippen LogP) is 0.436. The molecule has 0 spiro atoms. The fourth-order valence-corrected chi connectivity index (χ4v) is 4.00. The first-order valence-corrected chi connectivity index (χ1v) is 10.0. The van der Waals surface area contributed by atoms with Crippen LogP contribution < -0.4 is 20.7 Å². The molecule has 3 heterocycles. The maximum atomic E-state index is 12.2. The molecule has 0 bridgehead atoms. The van der Waals surface area contributed by atoms with Crippen molar-refractivity contribution in [3.05, 3.63) is 23.9 Å². The molecule has 1 aromatic carbocycles. The molecule has 1 amide bonds. The van der Waals surface area contributed by atoms with Gasteiger partial charge in [-0.1, -0.05) is 23.9 Å². The zero-order valence-electron chi connectivity index (χ0n) is 16.2. The number of aryl methyl sites for hydroxylation is 2. The normalized spacial score (nSPS) is 19.2. The highest BCUT2D eigenvalue weighted by Gasteiger charge is 2.27. The van der Waals surface area contributed by atoms with Crippen LogP contribution in [0, 0.1) is 6.92 Å². The van der Waals surface area contributed by atoms with E-state index in [0.29, 0.717) is 34.5 Å². The van der Waals surface area contributed by atoms with Crippen molar-refractivity contribution in [2.45, 2.75) is 30.8 Å². The molecule has 1 saturated heterocycles. The van der Waals surface area contributed by atoms with Gasteiger partial charge >= 0.3 is 0 Å². The molecule has 3 N–H and O–H groups in total. The molecule has 2 aromatic heterocycles. The van der Waals surface area contributed by atoms with Crippen LogP contribution in [0.4, 0.5) is 5.95 Å². The Bertz CT molecular complexity index is 1040. The fourth-order valence-electron chi connectivity index (χ4n) is 3.12. The summed E-state index contributed by atoms with van der Waals surface area (Å²) in [6.45, 7) is 1.91. The number of ether oxygens (including phenoxy) is 1. The molecular formula is C17H21N9O2S. The second kappa shape index (κ2) is 8.17. The van der Waals surface area contributed by atoms with Crippen LogP contribution in [0.1, 0.15) is 12.1 Å². The van der Waals surface area contributed by atoms with Gasteiger partial charge in [0.2, 0.25) is 17.0 Å². The van der Waals surface area contributed by atoms with Gasteiger partial charge in [0.25, 0.3) is 0 Å². The number of nitrogens with zero attached hydrogens (tertiary/aromatic N) is 6. The highest BCUT2D eigenvalue weighted by Crippen LogP contribution is 2.26. The maximum absolute atomic E-state index is 12.2. The Morgan fingerprint density at radius 1 is 1.38 bits per heavy atom. The number of amides is 1. The standard InChI is InChI=1S/C17H21N9O2S/c1-9-11-5-4-6-12(28-3)14(11)21-15(18-9)22-16-19-10(7-13(27)20-16)8-29-17-23-24-25-26(17)2/h4-6,10,16,19H,7-8H2,1-3H3,(H,20,27)(H,18,21,22). The van der Waals surface area contributed by atoms with Crippen molar-refractivity contribution in [3.8, 4) is 5.75 Å². The van der Waals surface area contributed by atoms with Crippen molar-refractivity contribution < 1.29 is 9.53 Å².